The van der Waals surface area contributed by atoms with Crippen molar-refractivity contribution < 1.29 is 60.1 Å². The van der Waals surface area contributed by atoms with E-state index in [0.717, 1.165) is 55.0 Å². The van der Waals surface area contributed by atoms with Crippen LogP contribution in [0.5, 0.6) is 5.75 Å². The highest BCUT2D eigenvalue weighted by Gasteiger charge is 2.38. The monoisotopic (exact) mass is 740 g/mol. The Hall–Kier alpha value is -5.65. The van der Waals surface area contributed by atoms with Crippen molar-refractivity contribution in [1.29, 1.82) is 0 Å². The third-order valence-corrected chi connectivity index (χ3v) is 7.40. The fraction of sp³-hybridized carbons (Fsp3) is 0.324. The van der Waals surface area contributed by atoms with Crippen molar-refractivity contribution in [2.45, 2.75) is 44.2 Å². The van der Waals surface area contributed by atoms with Crippen LogP contribution in [0.25, 0.3) is 11.0 Å². The quantitative estimate of drug-likeness (QED) is 0.126. The average molecular weight is 741 g/mol. The van der Waals surface area contributed by atoms with Crippen LogP contribution in [-0.4, -0.2) is 83.1 Å². The Balaban J connectivity index is 0.000000441. The first-order valence-electron chi connectivity index (χ1n) is 15.4. The van der Waals surface area contributed by atoms with Crippen molar-refractivity contribution in [2.75, 3.05) is 32.1 Å². The standard InChI is InChI=1S/C30H32N4O4.2C2HF3O2/c1-37-25-9-10-28-26(18-25)27(19-29(35)38-28)33-24-12-16-34(17-13-24)20-21-5-7-22(8-6-21)30(36)32-15-11-23-4-2-3-14-31-23;2*3-2(4,5)1(6)7/h2-10,14,18-19,24,33H,11-13,15-17,20H2,1H3,(H,32,36);2*(H,6,7). The van der Waals surface area contributed by atoms with Crippen molar-refractivity contribution in [3.8, 4) is 5.75 Å². The SMILES string of the molecule is COc1ccc2oc(=O)cc(NC3CCN(Cc4ccc(C(=O)NCCc5ccccn5)cc4)CC3)c2c1.O=C(O)C(F)(F)F.O=C(O)C(F)(F)F. The third-order valence-electron chi connectivity index (χ3n) is 7.40. The third kappa shape index (κ3) is 13.2. The predicted octanol–water partition coefficient (Wildman–Crippen LogP) is 5.51. The summed E-state index contributed by atoms with van der Waals surface area (Å²) >= 11 is 0. The van der Waals surface area contributed by atoms with Gasteiger partial charge in [-0.2, -0.15) is 26.3 Å². The zero-order chi connectivity index (χ0) is 38.5. The maximum absolute atomic E-state index is 12.5. The van der Waals surface area contributed by atoms with Crippen LogP contribution < -0.4 is 21.0 Å². The number of carboxylic acid groups (broad SMARTS) is 2. The highest BCUT2D eigenvalue weighted by Crippen LogP contribution is 2.28. The molecule has 4 aromatic rings. The van der Waals surface area contributed by atoms with Gasteiger partial charge in [0.1, 0.15) is 11.3 Å². The van der Waals surface area contributed by atoms with Crippen LogP contribution >= 0.6 is 0 Å². The van der Waals surface area contributed by atoms with Crippen molar-refractivity contribution in [3.05, 3.63) is 100 Å². The summed E-state index contributed by atoms with van der Waals surface area (Å²) in [6, 6.07) is 20.8. The zero-order valence-electron chi connectivity index (χ0n) is 27.5. The smallest absolute Gasteiger partial charge is 0.490 e. The number of ether oxygens (including phenoxy) is 1. The van der Waals surface area contributed by atoms with Crippen molar-refractivity contribution in [3.63, 3.8) is 0 Å². The molecule has 0 atom stereocenters. The second-order valence-electron chi connectivity index (χ2n) is 11.2. The molecular formula is C34H34F6N4O8. The summed E-state index contributed by atoms with van der Waals surface area (Å²) in [4.78, 5) is 49.0. The molecule has 0 spiro atoms. The Labute approximate surface area is 292 Å². The van der Waals surface area contributed by atoms with E-state index < -0.39 is 24.3 Å². The number of likely N-dealkylation sites (tertiary alicyclic amines) is 1. The van der Waals surface area contributed by atoms with Crippen molar-refractivity contribution in [2.24, 2.45) is 0 Å². The second kappa shape index (κ2) is 18.5. The van der Waals surface area contributed by atoms with Gasteiger partial charge in [-0.15, -0.1) is 0 Å². The molecule has 4 N–H and O–H groups in total. The molecule has 1 aliphatic rings. The van der Waals surface area contributed by atoms with Crippen LogP contribution in [0, 0.1) is 0 Å². The lowest BCUT2D eigenvalue weighted by Gasteiger charge is -2.33. The first-order chi connectivity index (χ1) is 24.5. The van der Waals surface area contributed by atoms with Gasteiger partial charge in [-0.1, -0.05) is 18.2 Å². The van der Waals surface area contributed by atoms with Gasteiger partial charge in [0.25, 0.3) is 5.91 Å². The summed E-state index contributed by atoms with van der Waals surface area (Å²) in [6.45, 7) is 3.27. The molecule has 0 radical (unpaired) electrons. The first-order valence-corrected chi connectivity index (χ1v) is 15.4. The number of alkyl halides is 6. The number of carbonyl (C=O) groups is 3. The Morgan fingerprint density at radius 3 is 2.08 bits per heavy atom. The molecule has 12 nitrogen and oxygen atoms in total. The van der Waals surface area contributed by atoms with E-state index in [0.29, 0.717) is 24.1 Å². The maximum Gasteiger partial charge on any atom is 0.490 e. The molecule has 1 fully saturated rings. The van der Waals surface area contributed by atoms with Gasteiger partial charge < -0.3 is 30.0 Å². The molecule has 1 saturated heterocycles. The molecule has 1 aliphatic heterocycles. The van der Waals surface area contributed by atoms with Gasteiger partial charge in [0, 0.05) is 67.5 Å². The minimum absolute atomic E-state index is 0.0699. The molecule has 0 saturated carbocycles. The van der Waals surface area contributed by atoms with E-state index in [1.165, 1.54) is 11.6 Å². The number of fused-ring (bicyclic) bond motifs is 1. The Morgan fingerprint density at radius 2 is 1.54 bits per heavy atom. The van der Waals surface area contributed by atoms with Crippen LogP contribution in [0.4, 0.5) is 32.0 Å². The Bertz CT molecular complexity index is 1820. The molecule has 2 aromatic heterocycles. The molecule has 280 valence electrons. The van der Waals surface area contributed by atoms with Crippen LogP contribution in [0.1, 0.15) is 34.5 Å². The number of nitrogens with zero attached hydrogens (tertiary/aromatic N) is 2. The molecule has 0 bridgehead atoms. The van der Waals surface area contributed by atoms with Gasteiger partial charge in [0.05, 0.1) is 12.8 Å². The van der Waals surface area contributed by atoms with Gasteiger partial charge >= 0.3 is 29.9 Å². The van der Waals surface area contributed by atoms with E-state index in [9.17, 15) is 35.9 Å². The number of benzene rings is 2. The number of pyridine rings is 1. The number of hydrogen-bond donors (Lipinski definition) is 4. The number of amides is 1. The minimum atomic E-state index is -5.08. The second-order valence-corrected chi connectivity index (χ2v) is 11.2. The minimum Gasteiger partial charge on any atom is -0.497 e. The predicted molar refractivity (Wildman–Crippen MR) is 175 cm³/mol. The number of carbonyl (C=O) groups excluding carboxylic acids is 1. The molecule has 2 aromatic carbocycles. The van der Waals surface area contributed by atoms with Gasteiger partial charge in [0.15, 0.2) is 0 Å². The number of aromatic nitrogens is 1. The summed E-state index contributed by atoms with van der Waals surface area (Å²) in [7, 11) is 1.62. The zero-order valence-corrected chi connectivity index (χ0v) is 27.5. The molecule has 52 heavy (non-hydrogen) atoms. The number of aliphatic carboxylic acids is 2. The molecule has 0 aliphatic carbocycles. The topological polar surface area (TPSA) is 171 Å². The van der Waals surface area contributed by atoms with Gasteiger partial charge in [-0.05, 0) is 60.9 Å². The molecule has 18 heteroatoms. The molecule has 3 heterocycles. The van der Waals surface area contributed by atoms with Crippen LogP contribution in [0.15, 0.2) is 82.1 Å². The largest absolute Gasteiger partial charge is 0.497 e. The summed E-state index contributed by atoms with van der Waals surface area (Å²) in [6.07, 6.45) is -5.78. The van der Waals surface area contributed by atoms with E-state index in [-0.39, 0.29) is 17.6 Å². The fourth-order valence-corrected chi connectivity index (χ4v) is 4.82. The van der Waals surface area contributed by atoms with Crippen molar-refractivity contribution in [1.82, 2.24) is 15.2 Å². The Morgan fingerprint density at radius 1 is 0.923 bits per heavy atom. The number of rotatable bonds is 9. The maximum atomic E-state index is 12.5. The van der Waals surface area contributed by atoms with Gasteiger partial charge in [0.2, 0.25) is 0 Å². The number of piperidine rings is 1. The summed E-state index contributed by atoms with van der Waals surface area (Å²) in [5.41, 5.74) is 3.76. The number of hydrogen-bond acceptors (Lipinski definition) is 9. The van der Waals surface area contributed by atoms with Crippen LogP contribution in [-0.2, 0) is 22.6 Å². The van der Waals surface area contributed by atoms with E-state index in [2.05, 4.69) is 20.5 Å². The number of halogens is 6. The first kappa shape index (κ1) is 40.8. The van der Waals surface area contributed by atoms with Crippen LogP contribution in [0.2, 0.25) is 0 Å². The molecule has 0 unspecified atom stereocenters. The lowest BCUT2D eigenvalue weighted by atomic mass is 10.0. The van der Waals surface area contributed by atoms with E-state index in [4.69, 9.17) is 29.0 Å². The van der Waals surface area contributed by atoms with Gasteiger partial charge in [-0.25, -0.2) is 14.4 Å². The van der Waals surface area contributed by atoms with E-state index >= 15 is 0 Å². The highest BCUT2D eigenvalue weighted by atomic mass is 19.4. The molecule has 5 rings (SSSR count). The summed E-state index contributed by atoms with van der Waals surface area (Å²) in [5.74, 6) is -4.86. The summed E-state index contributed by atoms with van der Waals surface area (Å²) in [5, 5.41) is 21.6. The lowest BCUT2D eigenvalue weighted by molar-refractivity contribution is -0.193. The number of carboxylic acids is 2. The normalized spacial score (nSPS) is 13.5. The molecule has 1 amide bonds. The van der Waals surface area contributed by atoms with Crippen molar-refractivity contribution >= 4 is 34.5 Å². The van der Waals surface area contributed by atoms with E-state index in [1.807, 2.05) is 48.5 Å². The van der Waals surface area contributed by atoms with Gasteiger partial charge in [-0.3, -0.25) is 14.7 Å². The van der Waals surface area contributed by atoms with Crippen LogP contribution in [0.3, 0.4) is 0 Å². The highest BCUT2D eigenvalue weighted by molar-refractivity contribution is 5.94. The summed E-state index contributed by atoms with van der Waals surface area (Å²) < 4.78 is 74.2. The average Bonchev–Trinajstić information content (AvgIpc) is 3.09. The molecular weight excluding hydrogens is 706 g/mol. The van der Waals surface area contributed by atoms with E-state index in [1.54, 1.807) is 25.4 Å². The Kier molecular flexibility index (Phi) is 14.5. The fourth-order valence-electron chi connectivity index (χ4n) is 4.82. The number of nitrogens with one attached hydrogen (secondary N) is 2. The lowest BCUT2D eigenvalue weighted by Crippen LogP contribution is -2.38. The number of methoxy groups -OCH3 is 1. The number of anilines is 1.